The number of carbonyl (C=O) groups excluding carboxylic acids is 1. The second kappa shape index (κ2) is 9.47. The molecule has 0 fully saturated rings. The molecular formula is C10H20F2N2O2. The van der Waals surface area contributed by atoms with Crippen LogP contribution in [0, 0.1) is 0 Å². The van der Waals surface area contributed by atoms with Crippen molar-refractivity contribution in [2.45, 2.75) is 19.8 Å². The Morgan fingerprint density at radius 1 is 1.50 bits per heavy atom. The monoisotopic (exact) mass is 238 g/mol. The van der Waals surface area contributed by atoms with Crippen LogP contribution in [0.1, 0.15) is 13.3 Å². The van der Waals surface area contributed by atoms with Gasteiger partial charge in [-0.25, -0.2) is 8.78 Å². The van der Waals surface area contributed by atoms with Gasteiger partial charge in [0.05, 0.1) is 19.7 Å². The Labute approximate surface area is 94.9 Å². The molecule has 96 valence electrons. The summed E-state index contributed by atoms with van der Waals surface area (Å²) in [5.74, 6) is -0.293. The van der Waals surface area contributed by atoms with Crippen LogP contribution in [0.2, 0.25) is 0 Å². The highest BCUT2D eigenvalue weighted by molar-refractivity contribution is 5.78. The number of methoxy groups -OCH3 is 1. The number of hydrogen-bond acceptors (Lipinski definition) is 3. The van der Waals surface area contributed by atoms with E-state index in [9.17, 15) is 13.6 Å². The van der Waals surface area contributed by atoms with Gasteiger partial charge in [-0.3, -0.25) is 4.79 Å². The summed E-state index contributed by atoms with van der Waals surface area (Å²) in [5.41, 5.74) is 0. The number of hydrogen-bond donors (Lipinski definition) is 1. The van der Waals surface area contributed by atoms with Gasteiger partial charge in [0.15, 0.2) is 0 Å². The fraction of sp³-hybridized carbons (Fsp3) is 0.900. The highest BCUT2D eigenvalue weighted by Gasteiger charge is 2.16. The molecule has 0 saturated carbocycles. The van der Waals surface area contributed by atoms with E-state index in [4.69, 9.17) is 4.74 Å². The zero-order valence-electron chi connectivity index (χ0n) is 9.84. The molecule has 0 aromatic rings. The quantitative estimate of drug-likeness (QED) is 0.602. The summed E-state index contributed by atoms with van der Waals surface area (Å²) in [6.45, 7) is 2.85. The van der Waals surface area contributed by atoms with Crippen LogP contribution in [0.25, 0.3) is 0 Å². The average molecular weight is 238 g/mol. The number of amides is 1. The van der Waals surface area contributed by atoms with Gasteiger partial charge in [-0.05, 0) is 6.42 Å². The van der Waals surface area contributed by atoms with Gasteiger partial charge < -0.3 is 15.0 Å². The Kier molecular flexibility index (Phi) is 9.03. The van der Waals surface area contributed by atoms with Crippen LogP contribution in [0.15, 0.2) is 0 Å². The summed E-state index contributed by atoms with van der Waals surface area (Å²) in [7, 11) is 1.56. The lowest BCUT2D eigenvalue weighted by atomic mass is 10.3. The molecule has 6 heteroatoms. The SMILES string of the molecule is CCCN(CC(F)F)C(=O)CNCCOC. The standard InChI is InChI=1S/C10H20F2N2O2/c1-3-5-14(8-9(11)12)10(15)7-13-4-6-16-2/h9,13H,3-8H2,1-2H3. The number of alkyl halides is 2. The molecule has 0 aliphatic rings. The summed E-state index contributed by atoms with van der Waals surface area (Å²) >= 11 is 0. The van der Waals surface area contributed by atoms with Crippen molar-refractivity contribution in [2.75, 3.05) is 39.9 Å². The highest BCUT2D eigenvalue weighted by atomic mass is 19.3. The number of nitrogens with zero attached hydrogens (tertiary/aromatic N) is 1. The van der Waals surface area contributed by atoms with Crippen molar-refractivity contribution in [3.63, 3.8) is 0 Å². The van der Waals surface area contributed by atoms with Crippen LogP contribution < -0.4 is 5.32 Å². The molecule has 0 spiro atoms. The first-order chi connectivity index (χ1) is 7.61. The molecule has 0 aromatic heterocycles. The number of ether oxygens (including phenoxy) is 1. The normalized spacial score (nSPS) is 10.8. The van der Waals surface area contributed by atoms with Crippen LogP contribution in [0.5, 0.6) is 0 Å². The van der Waals surface area contributed by atoms with Gasteiger partial charge in [-0.2, -0.15) is 0 Å². The molecule has 4 nitrogen and oxygen atoms in total. The predicted octanol–water partition coefficient (Wildman–Crippen LogP) is 0.726. The van der Waals surface area contributed by atoms with E-state index in [0.717, 1.165) is 0 Å². The smallest absolute Gasteiger partial charge is 0.255 e. The Balaban J connectivity index is 3.87. The molecule has 0 aliphatic carbocycles. The van der Waals surface area contributed by atoms with Crippen LogP contribution in [0.4, 0.5) is 8.78 Å². The first kappa shape index (κ1) is 15.2. The third kappa shape index (κ3) is 7.53. The van der Waals surface area contributed by atoms with E-state index in [2.05, 4.69) is 5.32 Å². The summed E-state index contributed by atoms with van der Waals surface area (Å²) in [4.78, 5) is 12.7. The Morgan fingerprint density at radius 2 is 2.19 bits per heavy atom. The summed E-state index contributed by atoms with van der Waals surface area (Å²) in [6.07, 6.45) is -1.80. The average Bonchev–Trinajstić information content (AvgIpc) is 2.23. The Morgan fingerprint density at radius 3 is 2.69 bits per heavy atom. The van der Waals surface area contributed by atoms with E-state index in [1.54, 1.807) is 7.11 Å². The maximum Gasteiger partial charge on any atom is 0.255 e. The van der Waals surface area contributed by atoms with Crippen LogP contribution in [0.3, 0.4) is 0 Å². The van der Waals surface area contributed by atoms with Crippen LogP contribution in [-0.2, 0) is 9.53 Å². The molecule has 0 rings (SSSR count). The van der Waals surface area contributed by atoms with Crippen molar-refractivity contribution in [2.24, 2.45) is 0 Å². The minimum Gasteiger partial charge on any atom is -0.383 e. The van der Waals surface area contributed by atoms with E-state index in [0.29, 0.717) is 26.1 Å². The van der Waals surface area contributed by atoms with Crippen molar-refractivity contribution in [3.8, 4) is 0 Å². The fourth-order valence-corrected chi connectivity index (χ4v) is 1.24. The van der Waals surface area contributed by atoms with E-state index < -0.39 is 13.0 Å². The lowest BCUT2D eigenvalue weighted by Crippen LogP contribution is -2.41. The van der Waals surface area contributed by atoms with Crippen LogP contribution in [-0.4, -0.2) is 57.1 Å². The predicted molar refractivity (Wildman–Crippen MR) is 57.6 cm³/mol. The summed E-state index contributed by atoms with van der Waals surface area (Å²) in [5, 5.41) is 2.84. The van der Waals surface area contributed by atoms with E-state index in [-0.39, 0.29) is 12.5 Å². The van der Waals surface area contributed by atoms with Crippen molar-refractivity contribution in [3.05, 3.63) is 0 Å². The fourth-order valence-electron chi connectivity index (χ4n) is 1.24. The second-order valence-electron chi connectivity index (χ2n) is 3.40. The molecule has 0 atom stereocenters. The van der Waals surface area contributed by atoms with Crippen molar-refractivity contribution >= 4 is 5.91 Å². The lowest BCUT2D eigenvalue weighted by Gasteiger charge is -2.21. The molecule has 16 heavy (non-hydrogen) atoms. The van der Waals surface area contributed by atoms with Gasteiger partial charge in [0.25, 0.3) is 6.43 Å². The number of carbonyl (C=O) groups is 1. The highest BCUT2D eigenvalue weighted by Crippen LogP contribution is 1.99. The molecule has 0 aromatic carbocycles. The Hall–Kier alpha value is -0.750. The summed E-state index contributed by atoms with van der Waals surface area (Å²) < 4.78 is 29.1. The molecule has 0 aliphatic heterocycles. The minimum atomic E-state index is -2.48. The van der Waals surface area contributed by atoms with Gasteiger partial charge in [-0.15, -0.1) is 0 Å². The van der Waals surface area contributed by atoms with E-state index >= 15 is 0 Å². The first-order valence-corrected chi connectivity index (χ1v) is 5.37. The number of halogens is 2. The van der Waals surface area contributed by atoms with Crippen molar-refractivity contribution < 1.29 is 18.3 Å². The van der Waals surface area contributed by atoms with E-state index in [1.807, 2.05) is 6.92 Å². The maximum atomic E-state index is 12.2. The summed E-state index contributed by atoms with van der Waals surface area (Å²) in [6, 6.07) is 0. The molecule has 0 saturated heterocycles. The third-order valence-electron chi connectivity index (χ3n) is 1.96. The molecular weight excluding hydrogens is 218 g/mol. The zero-order chi connectivity index (χ0) is 12.4. The zero-order valence-corrected chi connectivity index (χ0v) is 9.84. The largest absolute Gasteiger partial charge is 0.383 e. The third-order valence-corrected chi connectivity index (χ3v) is 1.96. The maximum absolute atomic E-state index is 12.2. The molecule has 0 radical (unpaired) electrons. The second-order valence-corrected chi connectivity index (χ2v) is 3.40. The van der Waals surface area contributed by atoms with Crippen molar-refractivity contribution in [1.82, 2.24) is 10.2 Å². The molecule has 0 bridgehead atoms. The minimum absolute atomic E-state index is 0.0794. The van der Waals surface area contributed by atoms with Crippen LogP contribution >= 0.6 is 0 Å². The first-order valence-electron chi connectivity index (χ1n) is 5.37. The number of rotatable bonds is 9. The van der Waals surface area contributed by atoms with Gasteiger partial charge in [-0.1, -0.05) is 6.92 Å². The molecule has 1 amide bonds. The van der Waals surface area contributed by atoms with Gasteiger partial charge in [0.1, 0.15) is 0 Å². The topological polar surface area (TPSA) is 41.6 Å². The number of nitrogens with one attached hydrogen (secondary N) is 1. The van der Waals surface area contributed by atoms with Gasteiger partial charge in [0.2, 0.25) is 5.91 Å². The van der Waals surface area contributed by atoms with Crippen molar-refractivity contribution in [1.29, 1.82) is 0 Å². The lowest BCUT2D eigenvalue weighted by molar-refractivity contribution is -0.132. The Bertz CT molecular complexity index is 192. The molecule has 1 N–H and O–H groups in total. The van der Waals surface area contributed by atoms with Gasteiger partial charge in [0, 0.05) is 20.2 Å². The molecule has 0 heterocycles. The molecule has 0 unspecified atom stereocenters. The van der Waals surface area contributed by atoms with E-state index in [1.165, 1.54) is 4.90 Å². The van der Waals surface area contributed by atoms with Gasteiger partial charge >= 0.3 is 0 Å².